The van der Waals surface area contributed by atoms with E-state index in [-0.39, 0.29) is 5.92 Å². The Morgan fingerprint density at radius 2 is 2.00 bits per heavy atom. The van der Waals surface area contributed by atoms with Gasteiger partial charge in [-0.15, -0.1) is 11.3 Å². The fraction of sp³-hybridized carbons (Fsp3) is 0.455. The van der Waals surface area contributed by atoms with E-state index in [4.69, 9.17) is 17.3 Å². The SMILES string of the molecule is Cc1c(C(=S)NC(C(=O)O)C(C)C)sc(Br)c1Br. The lowest BCUT2D eigenvalue weighted by Crippen LogP contribution is -2.43. The zero-order valence-electron chi connectivity index (χ0n) is 10.1. The summed E-state index contributed by atoms with van der Waals surface area (Å²) < 4.78 is 1.92. The largest absolute Gasteiger partial charge is 0.480 e. The molecular formula is C11H13Br2NO2S2. The molecule has 1 rings (SSSR count). The zero-order valence-corrected chi connectivity index (χ0v) is 14.9. The third-order valence-corrected chi connectivity index (χ3v) is 6.68. The smallest absolute Gasteiger partial charge is 0.326 e. The van der Waals surface area contributed by atoms with Crippen LogP contribution in [0.2, 0.25) is 0 Å². The van der Waals surface area contributed by atoms with Crippen LogP contribution in [-0.2, 0) is 4.79 Å². The van der Waals surface area contributed by atoms with Crippen LogP contribution in [0.3, 0.4) is 0 Å². The molecule has 2 N–H and O–H groups in total. The molecule has 3 nitrogen and oxygen atoms in total. The summed E-state index contributed by atoms with van der Waals surface area (Å²) in [7, 11) is 0. The Bertz CT molecular complexity index is 486. The van der Waals surface area contributed by atoms with Crippen LogP contribution < -0.4 is 5.32 Å². The number of halogens is 2. The molecule has 1 atom stereocenters. The van der Waals surface area contributed by atoms with Crippen LogP contribution in [0.15, 0.2) is 8.26 Å². The molecule has 0 radical (unpaired) electrons. The van der Waals surface area contributed by atoms with E-state index < -0.39 is 12.0 Å². The summed E-state index contributed by atoms with van der Waals surface area (Å²) >= 11 is 13.7. The number of thiophene rings is 1. The molecule has 0 amide bonds. The summed E-state index contributed by atoms with van der Waals surface area (Å²) in [6.45, 7) is 5.64. The molecule has 0 aliphatic heterocycles. The van der Waals surface area contributed by atoms with Crippen LogP contribution in [-0.4, -0.2) is 22.1 Å². The van der Waals surface area contributed by atoms with E-state index in [9.17, 15) is 4.79 Å². The van der Waals surface area contributed by atoms with Crippen molar-refractivity contribution in [1.29, 1.82) is 0 Å². The monoisotopic (exact) mass is 413 g/mol. The molecule has 1 heterocycles. The van der Waals surface area contributed by atoms with Crippen LogP contribution >= 0.6 is 55.4 Å². The van der Waals surface area contributed by atoms with E-state index >= 15 is 0 Å². The van der Waals surface area contributed by atoms with Crippen molar-refractivity contribution in [3.63, 3.8) is 0 Å². The molecule has 0 aromatic carbocycles. The van der Waals surface area contributed by atoms with Crippen molar-refractivity contribution in [2.45, 2.75) is 26.8 Å². The van der Waals surface area contributed by atoms with Gasteiger partial charge in [-0.05, 0) is 50.3 Å². The second-order valence-electron chi connectivity index (χ2n) is 4.18. The molecule has 0 aliphatic rings. The number of thiocarbonyl (C=S) groups is 1. The maximum absolute atomic E-state index is 11.1. The van der Waals surface area contributed by atoms with Crippen molar-refractivity contribution in [2.24, 2.45) is 5.92 Å². The van der Waals surface area contributed by atoms with E-state index in [2.05, 4.69) is 37.2 Å². The van der Waals surface area contributed by atoms with Crippen LogP contribution in [0.5, 0.6) is 0 Å². The lowest BCUT2D eigenvalue weighted by atomic mass is 10.0. The van der Waals surface area contributed by atoms with Gasteiger partial charge in [0, 0.05) is 4.47 Å². The molecule has 0 saturated carbocycles. The van der Waals surface area contributed by atoms with Crippen molar-refractivity contribution < 1.29 is 9.90 Å². The normalized spacial score (nSPS) is 12.6. The minimum Gasteiger partial charge on any atom is -0.480 e. The second-order valence-corrected chi connectivity index (χ2v) is 7.72. The highest BCUT2D eigenvalue weighted by Gasteiger charge is 2.24. The van der Waals surface area contributed by atoms with Crippen molar-refractivity contribution in [1.82, 2.24) is 5.32 Å². The first-order chi connectivity index (χ1) is 8.25. The van der Waals surface area contributed by atoms with Gasteiger partial charge in [0.1, 0.15) is 11.0 Å². The topological polar surface area (TPSA) is 49.3 Å². The fourth-order valence-electron chi connectivity index (χ4n) is 1.40. The molecule has 0 aliphatic carbocycles. The number of carboxylic acids is 1. The minimum atomic E-state index is -0.889. The van der Waals surface area contributed by atoms with Crippen LogP contribution in [0, 0.1) is 12.8 Å². The average molecular weight is 415 g/mol. The Kier molecular flexibility index (Phi) is 5.76. The van der Waals surface area contributed by atoms with Crippen LogP contribution in [0.25, 0.3) is 0 Å². The summed E-state index contributed by atoms with van der Waals surface area (Å²) in [5.74, 6) is -0.924. The predicted molar refractivity (Wildman–Crippen MR) is 85.6 cm³/mol. The third-order valence-electron chi connectivity index (χ3n) is 2.46. The predicted octanol–water partition coefficient (Wildman–Crippen LogP) is 3.96. The standard InChI is InChI=1S/C11H13Br2NO2S2/c1-4(2)7(11(15)16)14-10(17)8-5(3)6(12)9(13)18-8/h4,7H,1-3H3,(H,14,17)(H,15,16). The summed E-state index contributed by atoms with van der Waals surface area (Å²) in [5.41, 5.74) is 1.01. The van der Waals surface area contributed by atoms with Gasteiger partial charge in [0.15, 0.2) is 0 Å². The number of nitrogens with one attached hydrogen (secondary N) is 1. The third kappa shape index (κ3) is 3.53. The maximum atomic E-state index is 11.1. The first kappa shape index (κ1) is 16.1. The Balaban J connectivity index is 2.94. The fourth-order valence-corrected chi connectivity index (χ4v) is 3.98. The Labute approximate surface area is 132 Å². The van der Waals surface area contributed by atoms with E-state index in [1.165, 1.54) is 11.3 Å². The number of hydrogen-bond acceptors (Lipinski definition) is 3. The van der Waals surface area contributed by atoms with Gasteiger partial charge in [-0.1, -0.05) is 26.1 Å². The number of carboxylic acid groups (broad SMARTS) is 1. The van der Waals surface area contributed by atoms with E-state index in [0.29, 0.717) is 4.99 Å². The molecule has 18 heavy (non-hydrogen) atoms. The average Bonchev–Trinajstić information content (AvgIpc) is 2.52. The molecule has 0 saturated heterocycles. The van der Waals surface area contributed by atoms with Gasteiger partial charge in [0.05, 0.1) is 8.66 Å². The van der Waals surface area contributed by atoms with Gasteiger partial charge in [-0.25, -0.2) is 4.79 Å². The molecule has 1 aromatic heterocycles. The maximum Gasteiger partial charge on any atom is 0.326 e. The van der Waals surface area contributed by atoms with Gasteiger partial charge >= 0.3 is 5.97 Å². The first-order valence-corrected chi connectivity index (χ1v) is 8.04. The Morgan fingerprint density at radius 3 is 2.33 bits per heavy atom. The van der Waals surface area contributed by atoms with Gasteiger partial charge in [0.25, 0.3) is 0 Å². The minimum absolute atomic E-state index is 0.0346. The van der Waals surface area contributed by atoms with Gasteiger partial charge in [-0.2, -0.15) is 0 Å². The summed E-state index contributed by atoms with van der Waals surface area (Å²) in [5, 5.41) is 12.0. The van der Waals surface area contributed by atoms with E-state index in [1.54, 1.807) is 0 Å². The first-order valence-electron chi connectivity index (χ1n) is 5.23. The Morgan fingerprint density at radius 1 is 1.44 bits per heavy atom. The summed E-state index contributed by atoms with van der Waals surface area (Å²) in [6.07, 6.45) is 0. The lowest BCUT2D eigenvalue weighted by Gasteiger charge is -2.19. The molecule has 0 spiro atoms. The van der Waals surface area contributed by atoms with Crippen LogP contribution in [0.4, 0.5) is 0 Å². The molecular weight excluding hydrogens is 402 g/mol. The lowest BCUT2D eigenvalue weighted by molar-refractivity contribution is -0.140. The Hall–Kier alpha value is 0.0200. The van der Waals surface area contributed by atoms with Gasteiger partial charge in [-0.3, -0.25) is 0 Å². The van der Waals surface area contributed by atoms with Gasteiger partial charge < -0.3 is 10.4 Å². The van der Waals surface area contributed by atoms with Crippen molar-refractivity contribution in [2.75, 3.05) is 0 Å². The highest BCUT2D eigenvalue weighted by Crippen LogP contribution is 2.37. The molecule has 7 heteroatoms. The number of hydrogen-bond donors (Lipinski definition) is 2. The number of rotatable bonds is 4. The highest BCUT2D eigenvalue weighted by molar-refractivity contribution is 9.13. The second kappa shape index (κ2) is 6.45. The van der Waals surface area contributed by atoms with Crippen LogP contribution in [0.1, 0.15) is 24.3 Å². The molecule has 0 bridgehead atoms. The van der Waals surface area contributed by atoms with Crippen molar-refractivity contribution in [3.05, 3.63) is 18.7 Å². The summed E-state index contributed by atoms with van der Waals surface area (Å²) in [4.78, 5) is 12.5. The molecule has 100 valence electrons. The number of aliphatic carboxylic acids is 1. The molecule has 1 unspecified atom stereocenters. The number of carbonyl (C=O) groups is 1. The van der Waals surface area contributed by atoms with Gasteiger partial charge in [0.2, 0.25) is 0 Å². The van der Waals surface area contributed by atoms with E-state index in [1.807, 2.05) is 20.8 Å². The van der Waals surface area contributed by atoms with Crippen molar-refractivity contribution >= 4 is 66.4 Å². The summed E-state index contributed by atoms with van der Waals surface area (Å²) in [6, 6.07) is -0.670. The van der Waals surface area contributed by atoms with Crippen molar-refractivity contribution in [3.8, 4) is 0 Å². The molecule has 1 aromatic rings. The molecule has 0 fully saturated rings. The zero-order chi connectivity index (χ0) is 14.0. The highest BCUT2D eigenvalue weighted by atomic mass is 79.9. The quantitative estimate of drug-likeness (QED) is 0.732. The van der Waals surface area contributed by atoms with E-state index in [0.717, 1.165) is 18.7 Å².